The normalized spacial score (nSPS) is 13.0. The molecule has 2 aromatic rings. The van der Waals surface area contributed by atoms with Crippen molar-refractivity contribution >= 4 is 17.7 Å². The van der Waals surface area contributed by atoms with Crippen LogP contribution in [0.3, 0.4) is 0 Å². The Hall–Kier alpha value is -3.23. The van der Waals surface area contributed by atoms with Crippen molar-refractivity contribution in [3.05, 3.63) is 36.0 Å². The summed E-state index contributed by atoms with van der Waals surface area (Å²) >= 11 is 0. The molecule has 0 saturated heterocycles. The standard InChI is InChI=1S/C18H21N3O6/c1-24-13-6-11(7-14(8-13)25-2)19-18(23)21(12-4-5-12)9-16-20-15(10-27-16)17(22)26-3/h6-8,10,12H,4-5,9H2,1-3H3,(H,19,23). The van der Waals surface area contributed by atoms with Crippen LogP contribution >= 0.6 is 0 Å². The quantitative estimate of drug-likeness (QED) is 0.742. The van der Waals surface area contributed by atoms with Crippen LogP contribution in [0.15, 0.2) is 28.9 Å². The van der Waals surface area contributed by atoms with Crippen LogP contribution in [0, 0.1) is 0 Å². The van der Waals surface area contributed by atoms with Gasteiger partial charge in [-0.2, -0.15) is 0 Å². The Morgan fingerprint density at radius 1 is 1.19 bits per heavy atom. The van der Waals surface area contributed by atoms with E-state index in [4.69, 9.17) is 13.9 Å². The number of rotatable bonds is 7. The number of methoxy groups -OCH3 is 3. The molecule has 1 N–H and O–H groups in total. The van der Waals surface area contributed by atoms with Crippen molar-refractivity contribution in [2.75, 3.05) is 26.6 Å². The summed E-state index contributed by atoms with van der Waals surface area (Å²) in [5.74, 6) is 0.813. The van der Waals surface area contributed by atoms with Gasteiger partial charge in [0.2, 0.25) is 5.89 Å². The van der Waals surface area contributed by atoms with E-state index in [2.05, 4.69) is 15.0 Å². The third kappa shape index (κ3) is 4.49. The molecule has 0 spiro atoms. The van der Waals surface area contributed by atoms with Crippen molar-refractivity contribution in [2.45, 2.75) is 25.4 Å². The highest BCUT2D eigenvalue weighted by Gasteiger charge is 2.34. The molecule has 0 radical (unpaired) electrons. The van der Waals surface area contributed by atoms with Crippen LogP contribution in [0.1, 0.15) is 29.2 Å². The molecule has 0 atom stereocenters. The average molecular weight is 375 g/mol. The lowest BCUT2D eigenvalue weighted by atomic mass is 10.2. The van der Waals surface area contributed by atoms with E-state index >= 15 is 0 Å². The molecule has 9 heteroatoms. The van der Waals surface area contributed by atoms with Gasteiger partial charge in [0.15, 0.2) is 5.69 Å². The van der Waals surface area contributed by atoms with E-state index in [-0.39, 0.29) is 30.2 Å². The van der Waals surface area contributed by atoms with E-state index in [1.165, 1.54) is 13.4 Å². The first-order valence-corrected chi connectivity index (χ1v) is 8.37. The van der Waals surface area contributed by atoms with Crippen LogP contribution < -0.4 is 14.8 Å². The Balaban J connectivity index is 1.73. The molecule has 1 heterocycles. The van der Waals surface area contributed by atoms with Crippen LogP contribution in [0.4, 0.5) is 10.5 Å². The zero-order valence-corrected chi connectivity index (χ0v) is 15.4. The predicted octanol–water partition coefficient (Wildman–Crippen LogP) is 2.67. The second-order valence-electron chi connectivity index (χ2n) is 6.01. The molecule has 1 aromatic heterocycles. The average Bonchev–Trinajstić information content (AvgIpc) is 3.42. The molecule has 1 aliphatic carbocycles. The molecule has 3 rings (SSSR count). The Kier molecular flexibility index (Phi) is 5.49. The number of esters is 1. The van der Waals surface area contributed by atoms with Gasteiger partial charge in [0.05, 0.1) is 27.9 Å². The van der Waals surface area contributed by atoms with Crippen molar-refractivity contribution in [1.29, 1.82) is 0 Å². The molecule has 2 amide bonds. The molecule has 1 saturated carbocycles. The lowest BCUT2D eigenvalue weighted by Gasteiger charge is -2.21. The van der Waals surface area contributed by atoms with E-state index in [1.54, 1.807) is 37.3 Å². The van der Waals surface area contributed by atoms with Gasteiger partial charge in [0, 0.05) is 29.9 Å². The van der Waals surface area contributed by atoms with Gasteiger partial charge in [-0.05, 0) is 12.8 Å². The predicted molar refractivity (Wildman–Crippen MR) is 95.0 cm³/mol. The summed E-state index contributed by atoms with van der Waals surface area (Å²) in [5, 5.41) is 2.84. The fourth-order valence-electron chi connectivity index (χ4n) is 2.56. The van der Waals surface area contributed by atoms with Crippen LogP contribution in [-0.4, -0.2) is 49.3 Å². The second kappa shape index (κ2) is 7.98. The third-order valence-electron chi connectivity index (χ3n) is 4.10. The van der Waals surface area contributed by atoms with Crippen molar-refractivity contribution < 1.29 is 28.2 Å². The number of nitrogens with zero attached hydrogens (tertiary/aromatic N) is 2. The topological polar surface area (TPSA) is 103 Å². The minimum absolute atomic E-state index is 0.0705. The van der Waals surface area contributed by atoms with Crippen LogP contribution in [-0.2, 0) is 11.3 Å². The molecular weight excluding hydrogens is 354 g/mol. The van der Waals surface area contributed by atoms with Gasteiger partial charge in [-0.15, -0.1) is 0 Å². The highest BCUT2D eigenvalue weighted by molar-refractivity contribution is 5.90. The first kappa shape index (κ1) is 18.6. The number of hydrogen-bond acceptors (Lipinski definition) is 7. The molecule has 1 aliphatic rings. The summed E-state index contributed by atoms with van der Waals surface area (Å²) in [6, 6.07) is 4.92. The molecule has 9 nitrogen and oxygen atoms in total. The fraction of sp³-hybridized carbons (Fsp3) is 0.389. The number of aromatic nitrogens is 1. The van der Waals surface area contributed by atoms with E-state index in [0.29, 0.717) is 17.2 Å². The number of urea groups is 1. The molecule has 0 bridgehead atoms. The number of carbonyl (C=O) groups excluding carboxylic acids is 2. The fourth-order valence-corrected chi connectivity index (χ4v) is 2.56. The summed E-state index contributed by atoms with van der Waals surface area (Å²) < 4.78 is 20.3. The molecule has 144 valence electrons. The Bertz CT molecular complexity index is 808. The van der Waals surface area contributed by atoms with Crippen molar-refractivity contribution in [2.24, 2.45) is 0 Å². The Morgan fingerprint density at radius 3 is 2.41 bits per heavy atom. The maximum absolute atomic E-state index is 12.8. The lowest BCUT2D eigenvalue weighted by molar-refractivity contribution is 0.0594. The van der Waals surface area contributed by atoms with Crippen molar-refractivity contribution in [3.63, 3.8) is 0 Å². The molecule has 0 aliphatic heterocycles. The smallest absolute Gasteiger partial charge is 0.360 e. The second-order valence-corrected chi connectivity index (χ2v) is 6.01. The van der Waals surface area contributed by atoms with Crippen LogP contribution in [0.5, 0.6) is 11.5 Å². The minimum Gasteiger partial charge on any atom is -0.497 e. The number of benzene rings is 1. The number of hydrogen-bond donors (Lipinski definition) is 1. The molecule has 27 heavy (non-hydrogen) atoms. The molecule has 0 unspecified atom stereocenters. The molecular formula is C18H21N3O6. The van der Waals surface area contributed by atoms with Gasteiger partial charge in [0.1, 0.15) is 17.8 Å². The number of carbonyl (C=O) groups is 2. The maximum Gasteiger partial charge on any atom is 0.360 e. The number of nitrogens with one attached hydrogen (secondary N) is 1. The van der Waals surface area contributed by atoms with Gasteiger partial charge in [0.25, 0.3) is 0 Å². The first-order valence-electron chi connectivity index (χ1n) is 8.37. The van der Waals surface area contributed by atoms with E-state index in [0.717, 1.165) is 12.8 Å². The Morgan fingerprint density at radius 2 is 1.85 bits per heavy atom. The third-order valence-corrected chi connectivity index (χ3v) is 4.10. The van der Waals surface area contributed by atoms with Gasteiger partial charge in [-0.3, -0.25) is 0 Å². The zero-order chi connectivity index (χ0) is 19.4. The van der Waals surface area contributed by atoms with E-state index in [1.807, 2.05) is 0 Å². The van der Waals surface area contributed by atoms with Crippen LogP contribution in [0.25, 0.3) is 0 Å². The molecule has 1 aromatic carbocycles. The van der Waals surface area contributed by atoms with E-state index < -0.39 is 5.97 Å². The largest absolute Gasteiger partial charge is 0.497 e. The SMILES string of the molecule is COC(=O)c1coc(CN(C(=O)Nc2cc(OC)cc(OC)c2)C2CC2)n1. The number of ether oxygens (including phenoxy) is 3. The van der Waals surface area contributed by atoms with Crippen molar-refractivity contribution in [1.82, 2.24) is 9.88 Å². The van der Waals surface area contributed by atoms with Gasteiger partial charge >= 0.3 is 12.0 Å². The summed E-state index contributed by atoms with van der Waals surface area (Å²) in [6.07, 6.45) is 3.02. The monoisotopic (exact) mass is 375 g/mol. The maximum atomic E-state index is 12.8. The van der Waals surface area contributed by atoms with Gasteiger partial charge in [-0.1, -0.05) is 0 Å². The lowest BCUT2D eigenvalue weighted by Crippen LogP contribution is -2.36. The number of amides is 2. The van der Waals surface area contributed by atoms with E-state index in [9.17, 15) is 9.59 Å². The summed E-state index contributed by atoms with van der Waals surface area (Å²) in [7, 11) is 4.35. The molecule has 1 fully saturated rings. The summed E-state index contributed by atoms with van der Waals surface area (Å²) in [5.41, 5.74) is 0.616. The highest BCUT2D eigenvalue weighted by atomic mass is 16.5. The van der Waals surface area contributed by atoms with Gasteiger partial charge < -0.3 is 28.8 Å². The summed E-state index contributed by atoms with van der Waals surface area (Å²) in [4.78, 5) is 30.0. The Labute approximate surface area is 156 Å². The first-order chi connectivity index (χ1) is 13.0. The number of oxazole rings is 1. The summed E-state index contributed by atoms with van der Waals surface area (Å²) in [6.45, 7) is 0.147. The van der Waals surface area contributed by atoms with Gasteiger partial charge in [-0.25, -0.2) is 14.6 Å². The highest BCUT2D eigenvalue weighted by Crippen LogP contribution is 2.30. The zero-order valence-electron chi connectivity index (χ0n) is 15.4. The van der Waals surface area contributed by atoms with Crippen molar-refractivity contribution in [3.8, 4) is 11.5 Å². The minimum atomic E-state index is -0.587. The van der Waals surface area contributed by atoms with Crippen LogP contribution in [0.2, 0.25) is 0 Å². The number of anilines is 1.